The predicted octanol–water partition coefficient (Wildman–Crippen LogP) is 11.7. The second-order valence-corrected chi connectivity index (χ2v) is 14.5. The number of aliphatic hydroxyl groups excluding tert-OH is 3. The van der Waals surface area contributed by atoms with Crippen molar-refractivity contribution in [1.29, 1.82) is 0 Å². The number of carbonyl (C=O) groups is 1. The molecule has 0 aromatic carbocycles. The Morgan fingerprint density at radius 2 is 0.851 bits per heavy atom. The van der Waals surface area contributed by atoms with Crippen LogP contribution in [0.4, 0.5) is 0 Å². The lowest BCUT2D eigenvalue weighted by Gasteiger charge is -2.26. The molecule has 280 valence electrons. The number of carbonyl (C=O) groups excluding carboxylic acids is 1. The monoisotopic (exact) mass is 666 g/mol. The number of nitrogens with one attached hydrogen (secondary N) is 1. The summed E-state index contributed by atoms with van der Waals surface area (Å²) < 4.78 is 0. The second kappa shape index (κ2) is 37.9. The Morgan fingerprint density at radius 1 is 0.511 bits per heavy atom. The third kappa shape index (κ3) is 33.4. The van der Waals surface area contributed by atoms with E-state index in [1.54, 1.807) is 0 Å². The van der Waals surface area contributed by atoms with Gasteiger partial charge in [0.2, 0.25) is 5.91 Å². The number of rotatable bonds is 38. The summed E-state index contributed by atoms with van der Waals surface area (Å²) in [6, 6.07) is -0.812. The first kappa shape index (κ1) is 46.1. The van der Waals surface area contributed by atoms with Crippen molar-refractivity contribution >= 4 is 5.91 Å². The Bertz CT molecular complexity index is 655. The van der Waals surface area contributed by atoms with Gasteiger partial charge in [0.25, 0.3) is 0 Å². The van der Waals surface area contributed by atoms with Gasteiger partial charge in [0, 0.05) is 6.42 Å². The van der Waals surface area contributed by atoms with Gasteiger partial charge in [0.05, 0.1) is 18.8 Å². The maximum Gasteiger partial charge on any atom is 0.220 e. The highest BCUT2D eigenvalue weighted by Gasteiger charge is 2.26. The fraction of sp³-hybridized carbons (Fsp3) is 0.929. The van der Waals surface area contributed by atoms with E-state index in [1.165, 1.54) is 154 Å². The molecule has 3 atom stereocenters. The van der Waals surface area contributed by atoms with Gasteiger partial charge in [-0.05, 0) is 38.5 Å². The summed E-state index contributed by atoms with van der Waals surface area (Å²) in [7, 11) is 0. The number of hydrogen-bond acceptors (Lipinski definition) is 4. The van der Waals surface area contributed by atoms with Crippen LogP contribution in [0.2, 0.25) is 0 Å². The molecule has 3 unspecified atom stereocenters. The van der Waals surface area contributed by atoms with Crippen LogP contribution in [0.25, 0.3) is 0 Å². The fourth-order valence-electron chi connectivity index (χ4n) is 6.57. The van der Waals surface area contributed by atoms with Crippen LogP contribution in [0.5, 0.6) is 0 Å². The predicted molar refractivity (Wildman–Crippen MR) is 204 cm³/mol. The largest absolute Gasteiger partial charge is 0.394 e. The number of unbranched alkanes of at least 4 members (excludes halogenated alkanes) is 28. The molecular weight excluding hydrogens is 582 g/mol. The molecule has 4 N–H and O–H groups in total. The average molecular weight is 666 g/mol. The van der Waals surface area contributed by atoms with Gasteiger partial charge in [-0.1, -0.05) is 193 Å². The van der Waals surface area contributed by atoms with Crippen LogP contribution < -0.4 is 5.32 Å². The second-order valence-electron chi connectivity index (χ2n) is 14.5. The molecule has 0 aromatic heterocycles. The van der Waals surface area contributed by atoms with Gasteiger partial charge >= 0.3 is 0 Å². The van der Waals surface area contributed by atoms with Crippen LogP contribution in [0.15, 0.2) is 12.2 Å². The Hall–Kier alpha value is -0.910. The van der Waals surface area contributed by atoms with Crippen molar-refractivity contribution in [3.8, 4) is 0 Å². The van der Waals surface area contributed by atoms with E-state index >= 15 is 0 Å². The van der Waals surface area contributed by atoms with E-state index in [2.05, 4.69) is 31.3 Å². The van der Waals surface area contributed by atoms with Crippen molar-refractivity contribution in [2.75, 3.05) is 6.61 Å². The van der Waals surface area contributed by atoms with Crippen molar-refractivity contribution in [2.24, 2.45) is 0 Å². The summed E-state index contributed by atoms with van der Waals surface area (Å²) in [5, 5.41) is 33.5. The minimum absolute atomic E-state index is 0.160. The molecule has 0 saturated heterocycles. The minimum Gasteiger partial charge on any atom is -0.394 e. The molecule has 47 heavy (non-hydrogen) atoms. The van der Waals surface area contributed by atoms with Crippen molar-refractivity contribution in [3.05, 3.63) is 12.2 Å². The molecule has 0 radical (unpaired) electrons. The molecule has 0 aliphatic rings. The molecule has 0 fully saturated rings. The molecule has 0 aromatic rings. The van der Waals surface area contributed by atoms with Gasteiger partial charge in [-0.3, -0.25) is 4.79 Å². The molecule has 5 nitrogen and oxygen atoms in total. The SMILES string of the molecule is CCCCCCCC/C=C\CCCCCC(=O)NC(CO)C(O)C(O)CCCCCCCCCCCCCCCCCCCCCC. The zero-order valence-corrected chi connectivity index (χ0v) is 31.7. The van der Waals surface area contributed by atoms with E-state index < -0.39 is 18.2 Å². The van der Waals surface area contributed by atoms with Gasteiger partial charge in [-0.2, -0.15) is 0 Å². The summed E-state index contributed by atoms with van der Waals surface area (Å²) in [5.74, 6) is -0.160. The Labute approximate surface area is 293 Å². The highest BCUT2D eigenvalue weighted by atomic mass is 16.3. The van der Waals surface area contributed by atoms with Crippen molar-refractivity contribution < 1.29 is 20.1 Å². The molecule has 0 aliphatic carbocycles. The number of allylic oxidation sites excluding steroid dienone is 2. The van der Waals surface area contributed by atoms with Crippen LogP contribution in [0.1, 0.15) is 226 Å². The van der Waals surface area contributed by atoms with Gasteiger partial charge in [-0.15, -0.1) is 0 Å². The molecule has 0 rings (SSSR count). The van der Waals surface area contributed by atoms with Gasteiger partial charge in [0.15, 0.2) is 0 Å². The normalized spacial score (nSPS) is 13.7. The average Bonchev–Trinajstić information content (AvgIpc) is 3.07. The third-order valence-electron chi connectivity index (χ3n) is 9.87. The van der Waals surface area contributed by atoms with E-state index in [-0.39, 0.29) is 12.5 Å². The Kier molecular flexibility index (Phi) is 37.2. The van der Waals surface area contributed by atoms with E-state index in [0.717, 1.165) is 44.9 Å². The number of hydrogen-bond donors (Lipinski definition) is 4. The fourth-order valence-corrected chi connectivity index (χ4v) is 6.57. The van der Waals surface area contributed by atoms with Gasteiger partial charge in [-0.25, -0.2) is 0 Å². The first-order chi connectivity index (χ1) is 23.1. The number of aliphatic hydroxyl groups is 3. The number of amides is 1. The molecular formula is C42H83NO4. The van der Waals surface area contributed by atoms with E-state index in [1.807, 2.05) is 0 Å². The lowest BCUT2D eigenvalue weighted by molar-refractivity contribution is -0.124. The van der Waals surface area contributed by atoms with Crippen LogP contribution in [-0.2, 0) is 4.79 Å². The summed E-state index contributed by atoms with van der Waals surface area (Å²) in [5.41, 5.74) is 0. The first-order valence-corrected chi connectivity index (χ1v) is 21.0. The topological polar surface area (TPSA) is 89.8 Å². The standard InChI is InChI=1S/C42H83NO4/c1-3-5-7-9-11-13-15-17-18-19-20-21-22-23-25-26-28-30-32-34-36-40(45)42(47)39(38-44)43-41(46)37-35-33-31-29-27-24-16-14-12-10-8-6-4-2/h24,27,39-40,42,44-45,47H,3-23,25-26,28-38H2,1-2H3,(H,43,46)/b27-24-. The molecule has 0 saturated carbocycles. The van der Waals surface area contributed by atoms with Crippen molar-refractivity contribution in [2.45, 2.75) is 244 Å². The summed E-state index contributed by atoms with van der Waals surface area (Å²) >= 11 is 0. The van der Waals surface area contributed by atoms with Crippen molar-refractivity contribution in [1.82, 2.24) is 5.32 Å². The summed E-state index contributed by atoms with van der Waals surface area (Å²) in [6.45, 7) is 4.17. The third-order valence-corrected chi connectivity index (χ3v) is 9.87. The van der Waals surface area contributed by atoms with E-state index in [4.69, 9.17) is 0 Å². The highest BCUT2D eigenvalue weighted by Crippen LogP contribution is 2.16. The smallest absolute Gasteiger partial charge is 0.220 e. The molecule has 0 heterocycles. The maximum absolute atomic E-state index is 12.4. The zero-order chi connectivity index (χ0) is 34.5. The highest BCUT2D eigenvalue weighted by molar-refractivity contribution is 5.76. The summed E-state index contributed by atoms with van der Waals surface area (Å²) in [4.78, 5) is 12.4. The molecule has 0 aliphatic heterocycles. The molecule has 1 amide bonds. The van der Waals surface area contributed by atoms with E-state index in [0.29, 0.717) is 12.8 Å². The molecule has 5 heteroatoms. The molecule has 0 spiro atoms. The zero-order valence-electron chi connectivity index (χ0n) is 31.7. The lowest BCUT2D eigenvalue weighted by Crippen LogP contribution is -2.50. The summed E-state index contributed by atoms with van der Waals surface area (Å²) in [6.07, 6.45) is 43.1. The van der Waals surface area contributed by atoms with E-state index in [9.17, 15) is 20.1 Å². The lowest BCUT2D eigenvalue weighted by atomic mass is 9.99. The van der Waals surface area contributed by atoms with Crippen molar-refractivity contribution in [3.63, 3.8) is 0 Å². The van der Waals surface area contributed by atoms with Gasteiger partial charge < -0.3 is 20.6 Å². The Balaban J connectivity index is 3.62. The quantitative estimate of drug-likeness (QED) is 0.0390. The van der Waals surface area contributed by atoms with Crippen LogP contribution in [0, 0.1) is 0 Å². The van der Waals surface area contributed by atoms with Gasteiger partial charge in [0.1, 0.15) is 6.10 Å². The van der Waals surface area contributed by atoms with Crippen LogP contribution >= 0.6 is 0 Å². The minimum atomic E-state index is -1.14. The maximum atomic E-state index is 12.4. The molecule has 0 bridgehead atoms. The van der Waals surface area contributed by atoms with Crippen LogP contribution in [0.3, 0.4) is 0 Å². The van der Waals surface area contributed by atoms with Crippen LogP contribution in [-0.4, -0.2) is 46.1 Å². The first-order valence-electron chi connectivity index (χ1n) is 21.0. The Morgan fingerprint density at radius 3 is 1.23 bits per heavy atom.